The van der Waals surface area contributed by atoms with Crippen LogP contribution in [0.3, 0.4) is 0 Å². The lowest BCUT2D eigenvalue weighted by atomic mass is 10.2. The summed E-state index contributed by atoms with van der Waals surface area (Å²) >= 11 is 6.12. The number of carbonyl (C=O) groups is 1. The highest BCUT2D eigenvalue weighted by molar-refractivity contribution is 6.31. The van der Waals surface area contributed by atoms with E-state index in [9.17, 15) is 18.0 Å². The third-order valence-corrected chi connectivity index (χ3v) is 4.05. The van der Waals surface area contributed by atoms with Crippen molar-refractivity contribution in [3.63, 3.8) is 0 Å². The highest BCUT2D eigenvalue weighted by atomic mass is 35.5. The zero-order valence-electron chi connectivity index (χ0n) is 14.4. The van der Waals surface area contributed by atoms with E-state index in [0.717, 1.165) is 5.56 Å². The van der Waals surface area contributed by atoms with Gasteiger partial charge in [-0.2, -0.15) is 18.3 Å². The van der Waals surface area contributed by atoms with Gasteiger partial charge < -0.3 is 10.1 Å². The van der Waals surface area contributed by atoms with E-state index >= 15 is 0 Å². The van der Waals surface area contributed by atoms with Gasteiger partial charge >= 0.3 is 6.18 Å². The van der Waals surface area contributed by atoms with Crippen molar-refractivity contribution in [1.82, 2.24) is 9.78 Å². The summed E-state index contributed by atoms with van der Waals surface area (Å²) in [4.78, 5) is 12.4. The molecule has 0 saturated carbocycles. The Hall–Kier alpha value is -3.00. The van der Waals surface area contributed by atoms with Crippen molar-refractivity contribution in [2.45, 2.75) is 12.7 Å². The van der Waals surface area contributed by atoms with Crippen LogP contribution in [-0.2, 0) is 6.54 Å². The monoisotopic (exact) mass is 409 g/mol. The first-order valence-corrected chi connectivity index (χ1v) is 8.55. The minimum atomic E-state index is -4.44. The number of aromatic nitrogens is 2. The maximum Gasteiger partial charge on any atom is 0.422 e. The average molecular weight is 410 g/mol. The van der Waals surface area contributed by atoms with E-state index in [1.165, 1.54) is 24.4 Å². The van der Waals surface area contributed by atoms with Gasteiger partial charge in [-0.25, -0.2) is 0 Å². The Morgan fingerprint density at radius 2 is 1.96 bits per heavy atom. The molecule has 9 heteroatoms. The molecule has 2 aromatic carbocycles. The number of ether oxygens (including phenoxy) is 1. The minimum absolute atomic E-state index is 0.00420. The van der Waals surface area contributed by atoms with Gasteiger partial charge in [0.05, 0.1) is 18.3 Å². The molecule has 1 amide bonds. The van der Waals surface area contributed by atoms with E-state index in [4.69, 9.17) is 11.6 Å². The maximum absolute atomic E-state index is 12.4. The predicted molar refractivity (Wildman–Crippen MR) is 98.7 cm³/mol. The Balaban J connectivity index is 1.64. The molecule has 0 radical (unpaired) electrons. The molecular weight excluding hydrogens is 395 g/mol. The van der Waals surface area contributed by atoms with Gasteiger partial charge in [0.15, 0.2) is 6.61 Å². The molecule has 0 spiro atoms. The molecule has 0 atom stereocenters. The summed E-state index contributed by atoms with van der Waals surface area (Å²) in [5, 5.41) is 7.34. The molecule has 0 aliphatic rings. The molecule has 0 saturated heterocycles. The number of hydrogen-bond donors (Lipinski definition) is 1. The number of amides is 1. The lowest BCUT2D eigenvalue weighted by Gasteiger charge is -2.10. The predicted octanol–water partition coefficient (Wildman–Crippen LogP) is 4.78. The smallest absolute Gasteiger partial charge is 0.422 e. The van der Waals surface area contributed by atoms with Gasteiger partial charge in [0.25, 0.3) is 5.91 Å². The Morgan fingerprint density at radius 1 is 1.18 bits per heavy atom. The third-order valence-electron chi connectivity index (χ3n) is 3.68. The van der Waals surface area contributed by atoms with Gasteiger partial charge in [-0.15, -0.1) is 0 Å². The minimum Gasteiger partial charge on any atom is -0.484 e. The molecule has 0 aliphatic heterocycles. The van der Waals surface area contributed by atoms with Crippen LogP contribution >= 0.6 is 11.6 Å². The molecule has 3 aromatic rings. The van der Waals surface area contributed by atoms with Gasteiger partial charge in [-0.1, -0.05) is 35.9 Å². The van der Waals surface area contributed by atoms with Crippen molar-refractivity contribution in [3.8, 4) is 5.75 Å². The van der Waals surface area contributed by atoms with E-state index < -0.39 is 18.7 Å². The Bertz CT molecular complexity index is 973. The van der Waals surface area contributed by atoms with Crippen LogP contribution in [-0.4, -0.2) is 28.5 Å². The van der Waals surface area contributed by atoms with E-state index in [0.29, 0.717) is 22.8 Å². The van der Waals surface area contributed by atoms with Crippen LogP contribution in [0.15, 0.2) is 60.9 Å². The second-order valence-electron chi connectivity index (χ2n) is 5.90. The summed E-state index contributed by atoms with van der Waals surface area (Å²) in [6, 6.07) is 13.0. The zero-order valence-corrected chi connectivity index (χ0v) is 15.2. The number of alkyl halides is 3. The first-order chi connectivity index (χ1) is 13.3. The molecule has 0 fully saturated rings. The highest BCUT2D eigenvalue weighted by Gasteiger charge is 2.28. The fourth-order valence-corrected chi connectivity index (χ4v) is 2.60. The summed E-state index contributed by atoms with van der Waals surface area (Å²) in [5.41, 5.74) is 1.46. The van der Waals surface area contributed by atoms with Crippen molar-refractivity contribution in [1.29, 1.82) is 0 Å². The number of nitrogens with zero attached hydrogens (tertiary/aromatic N) is 2. The van der Waals surface area contributed by atoms with Crippen LogP contribution in [0, 0.1) is 0 Å². The van der Waals surface area contributed by atoms with Crippen molar-refractivity contribution >= 4 is 23.2 Å². The molecule has 1 N–H and O–H groups in total. The van der Waals surface area contributed by atoms with Crippen molar-refractivity contribution < 1.29 is 22.7 Å². The Labute approximate surface area is 163 Å². The molecule has 0 bridgehead atoms. The number of rotatable bonds is 6. The van der Waals surface area contributed by atoms with Crippen molar-refractivity contribution in [3.05, 3.63) is 77.1 Å². The Kier molecular flexibility index (Phi) is 5.89. The third kappa shape index (κ3) is 5.50. The number of carbonyl (C=O) groups excluding carboxylic acids is 1. The molecule has 1 aromatic heterocycles. The number of halogens is 4. The van der Waals surface area contributed by atoms with E-state index in [1.54, 1.807) is 23.0 Å². The van der Waals surface area contributed by atoms with Crippen LogP contribution in [0.5, 0.6) is 5.75 Å². The van der Waals surface area contributed by atoms with Crippen LogP contribution in [0.2, 0.25) is 5.02 Å². The lowest BCUT2D eigenvalue weighted by molar-refractivity contribution is -0.153. The number of hydrogen-bond acceptors (Lipinski definition) is 3. The van der Waals surface area contributed by atoms with Crippen molar-refractivity contribution in [2.75, 3.05) is 11.9 Å². The second kappa shape index (κ2) is 8.35. The summed E-state index contributed by atoms with van der Waals surface area (Å²) in [6.07, 6.45) is -1.48. The summed E-state index contributed by atoms with van der Waals surface area (Å²) in [5.74, 6) is -0.442. The molecule has 1 heterocycles. The number of benzene rings is 2. The van der Waals surface area contributed by atoms with Crippen LogP contribution in [0.4, 0.5) is 18.9 Å². The highest BCUT2D eigenvalue weighted by Crippen LogP contribution is 2.22. The van der Waals surface area contributed by atoms with Crippen molar-refractivity contribution in [2.24, 2.45) is 0 Å². The number of anilines is 1. The summed E-state index contributed by atoms with van der Waals surface area (Å²) in [7, 11) is 0. The van der Waals surface area contributed by atoms with E-state index in [2.05, 4.69) is 15.2 Å². The molecule has 0 aliphatic carbocycles. The molecule has 28 heavy (non-hydrogen) atoms. The number of nitrogens with one attached hydrogen (secondary N) is 1. The zero-order chi connectivity index (χ0) is 20.1. The van der Waals surface area contributed by atoms with Crippen LogP contribution < -0.4 is 10.1 Å². The molecule has 3 rings (SSSR count). The van der Waals surface area contributed by atoms with Gasteiger partial charge in [0.1, 0.15) is 5.75 Å². The first-order valence-electron chi connectivity index (χ1n) is 8.17. The lowest BCUT2D eigenvalue weighted by Crippen LogP contribution is -2.19. The normalized spacial score (nSPS) is 11.3. The summed E-state index contributed by atoms with van der Waals surface area (Å²) < 4.78 is 43.0. The largest absolute Gasteiger partial charge is 0.484 e. The topological polar surface area (TPSA) is 56.1 Å². The molecule has 0 unspecified atom stereocenters. The summed E-state index contributed by atoms with van der Waals surface area (Å²) in [6.45, 7) is -1.01. The van der Waals surface area contributed by atoms with Crippen LogP contribution in [0.25, 0.3) is 0 Å². The molecule has 5 nitrogen and oxygen atoms in total. The quantitative estimate of drug-likeness (QED) is 0.637. The second-order valence-corrected chi connectivity index (χ2v) is 6.31. The standard InChI is InChI=1S/C19H15ClF3N3O2/c20-17-7-2-1-4-13(17)10-26-11-14(9-24-26)18(27)25-15-5-3-6-16(8-15)28-12-19(21,22)23/h1-9,11H,10,12H2,(H,25,27). The van der Waals surface area contributed by atoms with Gasteiger partial charge in [0.2, 0.25) is 0 Å². The maximum atomic E-state index is 12.4. The van der Waals surface area contributed by atoms with Gasteiger partial charge in [0, 0.05) is 23.0 Å². The average Bonchev–Trinajstić information content (AvgIpc) is 3.10. The molecular formula is C19H15ClF3N3O2. The fourth-order valence-electron chi connectivity index (χ4n) is 2.40. The molecule has 146 valence electrons. The van der Waals surface area contributed by atoms with E-state index in [1.807, 2.05) is 18.2 Å². The Morgan fingerprint density at radius 3 is 2.71 bits per heavy atom. The SMILES string of the molecule is O=C(Nc1cccc(OCC(F)(F)F)c1)c1cnn(Cc2ccccc2Cl)c1. The van der Waals surface area contributed by atoms with Gasteiger partial charge in [-0.05, 0) is 23.8 Å². The van der Waals surface area contributed by atoms with Crippen LogP contribution in [0.1, 0.15) is 15.9 Å². The fraction of sp³-hybridized carbons (Fsp3) is 0.158. The van der Waals surface area contributed by atoms with Gasteiger partial charge in [-0.3, -0.25) is 9.48 Å². The van der Waals surface area contributed by atoms with E-state index in [-0.39, 0.29) is 5.75 Å². The first kappa shape index (κ1) is 19.8.